The predicted octanol–water partition coefficient (Wildman–Crippen LogP) is 4.36. The molecule has 3 amide bonds. The van der Waals surface area contributed by atoms with Gasteiger partial charge < -0.3 is 25.7 Å². The van der Waals surface area contributed by atoms with Gasteiger partial charge in [0.05, 0.1) is 18.6 Å². The molecular formula is C41H39N9O10S. The van der Waals surface area contributed by atoms with Crippen LogP contribution < -0.4 is 20.7 Å². The van der Waals surface area contributed by atoms with Gasteiger partial charge in [-0.3, -0.25) is 29.3 Å². The van der Waals surface area contributed by atoms with Gasteiger partial charge >= 0.3 is 5.97 Å². The van der Waals surface area contributed by atoms with Crippen molar-refractivity contribution in [1.29, 1.82) is 0 Å². The third kappa shape index (κ3) is 11.5. The van der Waals surface area contributed by atoms with Crippen LogP contribution in [0.3, 0.4) is 0 Å². The van der Waals surface area contributed by atoms with E-state index in [0.29, 0.717) is 22.3 Å². The summed E-state index contributed by atoms with van der Waals surface area (Å²) >= 11 is 0. The summed E-state index contributed by atoms with van der Waals surface area (Å²) in [6, 6.07) is 20.7. The van der Waals surface area contributed by atoms with Crippen LogP contribution in [-0.4, -0.2) is 86.6 Å². The summed E-state index contributed by atoms with van der Waals surface area (Å²) in [5.74, 6) is -3.18. The molecule has 0 saturated carbocycles. The highest BCUT2D eigenvalue weighted by Crippen LogP contribution is 2.27. The summed E-state index contributed by atoms with van der Waals surface area (Å²) in [6.07, 6.45) is 4.33. The maximum Gasteiger partial charge on any atom is 0.328 e. The van der Waals surface area contributed by atoms with Crippen molar-refractivity contribution in [2.75, 3.05) is 26.7 Å². The molecule has 0 saturated heterocycles. The molecule has 1 heterocycles. The van der Waals surface area contributed by atoms with E-state index in [2.05, 4.69) is 35.7 Å². The van der Waals surface area contributed by atoms with Gasteiger partial charge in [0.1, 0.15) is 12.1 Å². The number of nitro benzene ring substituents is 1. The van der Waals surface area contributed by atoms with Gasteiger partial charge in [-0.05, 0) is 71.1 Å². The number of azide groups is 1. The summed E-state index contributed by atoms with van der Waals surface area (Å²) in [7, 11) is -3.12. The van der Waals surface area contributed by atoms with E-state index >= 15 is 0 Å². The van der Waals surface area contributed by atoms with E-state index in [4.69, 9.17) is 10.3 Å². The van der Waals surface area contributed by atoms with Gasteiger partial charge in [0.25, 0.3) is 11.6 Å². The number of nitrogens with one attached hydrogen (secondary N) is 5. The molecule has 19 nitrogen and oxygen atoms in total. The number of esters is 1. The number of H-pyrrole nitrogens is 1. The summed E-state index contributed by atoms with van der Waals surface area (Å²) < 4.78 is 32.7. The number of aromatic nitrogens is 1. The van der Waals surface area contributed by atoms with Crippen molar-refractivity contribution in [2.24, 2.45) is 5.11 Å². The minimum Gasteiger partial charge on any atom is -0.467 e. The Morgan fingerprint density at radius 2 is 1.70 bits per heavy atom. The van der Waals surface area contributed by atoms with Crippen LogP contribution in [0.15, 0.2) is 113 Å². The zero-order valence-electron chi connectivity index (χ0n) is 32.7. The molecule has 0 aliphatic rings. The van der Waals surface area contributed by atoms with Crippen LogP contribution in [0.2, 0.25) is 0 Å². The van der Waals surface area contributed by atoms with Crippen molar-refractivity contribution in [1.82, 2.24) is 25.7 Å². The Kier molecular flexibility index (Phi) is 14.8. The van der Waals surface area contributed by atoms with E-state index in [-0.39, 0.29) is 30.9 Å². The number of amides is 3. The first-order valence-electron chi connectivity index (χ1n) is 18.4. The molecule has 20 heteroatoms. The lowest BCUT2D eigenvalue weighted by Crippen LogP contribution is -2.53. The van der Waals surface area contributed by atoms with Gasteiger partial charge in [-0.2, -0.15) is 0 Å². The molecular weight excluding hydrogens is 811 g/mol. The van der Waals surface area contributed by atoms with E-state index in [1.807, 2.05) is 24.3 Å². The van der Waals surface area contributed by atoms with Crippen LogP contribution >= 0.6 is 0 Å². The van der Waals surface area contributed by atoms with Gasteiger partial charge in [-0.1, -0.05) is 59.7 Å². The van der Waals surface area contributed by atoms with Crippen molar-refractivity contribution in [3.05, 3.63) is 146 Å². The molecule has 1 aromatic heterocycles. The van der Waals surface area contributed by atoms with E-state index in [1.54, 1.807) is 30.5 Å². The number of aromatic amines is 1. The quantitative estimate of drug-likeness (QED) is 0.00900. The Morgan fingerprint density at radius 3 is 2.44 bits per heavy atom. The van der Waals surface area contributed by atoms with Gasteiger partial charge in [0, 0.05) is 64.8 Å². The van der Waals surface area contributed by atoms with E-state index in [1.165, 1.54) is 50.4 Å². The fourth-order valence-corrected chi connectivity index (χ4v) is 7.41. The standard InChI is InChI=1S/C41H39N9O10S/c1-25(51)27-15-16-31(39(53)43-18-19-46-61(58,59)37-13-6-5-12-36(37)50(56)57)32(21-27)28-9-7-8-26(20-28)14-17-38(52)47-35(24-45-49-42)40(54)48-34(41(55)60-2)22-29-23-44-33-11-4-3-10-30(29)33/h3-17,20-21,23,34-35,44,46H,18-19,22,24H2,1-2H3,(H,43,53)(H,47,52)(H,48,54)/b17-14+/t34-,35-/m0/s1. The number of nitrogens with zero attached hydrogens (tertiary/aromatic N) is 4. The SMILES string of the molecule is COC(=O)[C@H](Cc1c[nH]c2ccccc12)NC(=O)[C@H](CN=[N+]=[N-])NC(=O)/C=C/c1cccc(-c2cc(C(C)=O)ccc2C(=O)NCCNS(=O)(=O)c2ccccc2[N+](=O)[O-])c1. The third-order valence-corrected chi connectivity index (χ3v) is 10.7. The lowest BCUT2D eigenvalue weighted by atomic mass is 9.94. The Balaban J connectivity index is 1.28. The van der Waals surface area contributed by atoms with Gasteiger partial charge in [0.15, 0.2) is 10.7 Å². The molecule has 61 heavy (non-hydrogen) atoms. The molecule has 0 unspecified atom stereocenters. The Bertz CT molecular complexity index is 2690. The zero-order valence-corrected chi connectivity index (χ0v) is 33.5. The van der Waals surface area contributed by atoms with Crippen LogP contribution in [-0.2, 0) is 35.6 Å². The molecule has 2 atom stereocenters. The number of Topliss-reactive ketones (excluding diaryl/α,β-unsaturated/α-hetero) is 1. The molecule has 0 bridgehead atoms. The second-order valence-corrected chi connectivity index (χ2v) is 15.0. The van der Waals surface area contributed by atoms with Crippen molar-refractivity contribution in [3.63, 3.8) is 0 Å². The minimum absolute atomic E-state index is 0.0599. The molecule has 0 fully saturated rings. The molecule has 0 radical (unpaired) electrons. The maximum absolute atomic E-state index is 13.4. The number of benzene rings is 4. The highest BCUT2D eigenvalue weighted by molar-refractivity contribution is 7.89. The summed E-state index contributed by atoms with van der Waals surface area (Å²) in [6.45, 7) is 0.383. The number of carbonyl (C=O) groups excluding carboxylic acids is 5. The number of nitro groups is 1. The minimum atomic E-state index is -4.29. The number of rotatable bonds is 19. The number of ketones is 1. The topological polar surface area (TPSA) is 285 Å². The van der Waals surface area contributed by atoms with Gasteiger partial charge in [-0.15, -0.1) is 0 Å². The van der Waals surface area contributed by atoms with Crippen LogP contribution in [0, 0.1) is 10.1 Å². The highest BCUT2D eigenvalue weighted by Gasteiger charge is 2.28. The number of methoxy groups -OCH3 is 1. The molecule has 314 valence electrons. The molecule has 5 N–H and O–H groups in total. The predicted molar refractivity (Wildman–Crippen MR) is 223 cm³/mol. The Morgan fingerprint density at radius 1 is 0.951 bits per heavy atom. The molecule has 0 aliphatic heterocycles. The number of para-hydroxylation sites is 2. The second kappa shape index (κ2) is 20.3. The van der Waals surface area contributed by atoms with Gasteiger partial charge in [-0.25, -0.2) is 17.9 Å². The van der Waals surface area contributed by atoms with Crippen molar-refractivity contribution in [2.45, 2.75) is 30.3 Å². The van der Waals surface area contributed by atoms with E-state index in [9.17, 15) is 42.5 Å². The van der Waals surface area contributed by atoms with Crippen molar-refractivity contribution >= 4 is 62.2 Å². The Hall–Kier alpha value is -7.67. The average molecular weight is 850 g/mol. The fraction of sp³-hybridized carbons (Fsp3) is 0.195. The summed E-state index contributed by atoms with van der Waals surface area (Å²) in [5, 5.41) is 23.3. The molecule has 4 aromatic carbocycles. The van der Waals surface area contributed by atoms with Crippen molar-refractivity contribution < 1.29 is 42.1 Å². The van der Waals surface area contributed by atoms with E-state index in [0.717, 1.165) is 34.7 Å². The average Bonchev–Trinajstić information content (AvgIpc) is 3.67. The summed E-state index contributed by atoms with van der Waals surface area (Å²) in [5.41, 5.74) is 11.6. The number of hydrogen-bond donors (Lipinski definition) is 5. The van der Waals surface area contributed by atoms with Crippen molar-refractivity contribution in [3.8, 4) is 11.1 Å². The molecule has 0 spiro atoms. The molecule has 5 rings (SSSR count). The normalized spacial score (nSPS) is 12.2. The molecule has 0 aliphatic carbocycles. The largest absolute Gasteiger partial charge is 0.467 e. The first-order valence-corrected chi connectivity index (χ1v) is 19.9. The van der Waals surface area contributed by atoms with Gasteiger partial charge in [0.2, 0.25) is 21.8 Å². The number of fused-ring (bicyclic) bond motifs is 1. The lowest BCUT2D eigenvalue weighted by molar-refractivity contribution is -0.387. The lowest BCUT2D eigenvalue weighted by Gasteiger charge is -2.21. The van der Waals surface area contributed by atoms with Crippen LogP contribution in [0.4, 0.5) is 5.69 Å². The first kappa shape index (κ1) is 44.4. The number of sulfonamides is 1. The monoisotopic (exact) mass is 849 g/mol. The first-order chi connectivity index (χ1) is 29.2. The smallest absolute Gasteiger partial charge is 0.328 e. The van der Waals surface area contributed by atoms with Crippen LogP contribution in [0.1, 0.15) is 38.8 Å². The Labute approximate surface area is 348 Å². The number of ether oxygens (including phenoxy) is 1. The number of hydrogen-bond acceptors (Lipinski definition) is 11. The highest BCUT2D eigenvalue weighted by atomic mass is 32.2. The van der Waals surface area contributed by atoms with E-state index < -0.39 is 67.8 Å². The maximum atomic E-state index is 13.4. The number of carbonyl (C=O) groups is 5. The fourth-order valence-electron chi connectivity index (χ4n) is 6.21. The zero-order chi connectivity index (χ0) is 44.1. The van der Waals surface area contributed by atoms with Crippen LogP contribution in [0.25, 0.3) is 38.5 Å². The molecule has 5 aromatic rings. The third-order valence-electron chi connectivity index (χ3n) is 9.21. The summed E-state index contributed by atoms with van der Waals surface area (Å²) in [4.78, 5) is 80.8. The van der Waals surface area contributed by atoms with Crippen LogP contribution in [0.5, 0.6) is 0 Å². The second-order valence-electron chi connectivity index (χ2n) is 13.3.